The number of hydrogen-bond donors (Lipinski definition) is 1. The molecule has 100 valence electrons. The summed E-state index contributed by atoms with van der Waals surface area (Å²) in [6.45, 7) is 3.72. The Balaban J connectivity index is 1.34. The second-order valence-electron chi connectivity index (χ2n) is 5.54. The van der Waals surface area contributed by atoms with Crippen LogP contribution in [-0.4, -0.2) is 49.7 Å². The van der Waals surface area contributed by atoms with Gasteiger partial charge < -0.3 is 15.0 Å². The second kappa shape index (κ2) is 5.41. The van der Waals surface area contributed by atoms with Crippen LogP contribution in [0, 0.1) is 11.8 Å². The van der Waals surface area contributed by atoms with Crippen LogP contribution < -0.4 is 5.32 Å². The summed E-state index contributed by atoms with van der Waals surface area (Å²) in [4.78, 5) is 13.9. The van der Waals surface area contributed by atoms with Crippen molar-refractivity contribution in [1.29, 1.82) is 0 Å². The third-order valence-corrected chi connectivity index (χ3v) is 4.47. The zero-order valence-electron chi connectivity index (χ0n) is 10.8. The van der Waals surface area contributed by atoms with Gasteiger partial charge in [0.05, 0.1) is 13.2 Å². The first-order valence-corrected chi connectivity index (χ1v) is 7.10. The highest BCUT2D eigenvalue weighted by Gasteiger charge is 2.40. The number of carbonyl (C=O) groups is 1. The van der Waals surface area contributed by atoms with Crippen molar-refractivity contribution in [3.05, 3.63) is 12.2 Å². The molecule has 2 fully saturated rings. The average Bonchev–Trinajstić information content (AvgIpc) is 2.77. The average molecular weight is 250 g/mol. The first-order valence-electron chi connectivity index (χ1n) is 7.10. The van der Waals surface area contributed by atoms with E-state index in [4.69, 9.17) is 4.74 Å². The molecule has 3 atom stereocenters. The van der Waals surface area contributed by atoms with Crippen molar-refractivity contribution in [2.24, 2.45) is 11.8 Å². The minimum atomic E-state index is 0.267. The number of fused-ring (bicyclic) bond motifs is 1. The molecule has 4 nitrogen and oxygen atoms in total. The number of morpholine rings is 1. The molecule has 0 aromatic heterocycles. The topological polar surface area (TPSA) is 41.6 Å². The lowest BCUT2D eigenvalue weighted by molar-refractivity contribution is -0.135. The molecule has 1 heterocycles. The van der Waals surface area contributed by atoms with Gasteiger partial charge in [0.1, 0.15) is 0 Å². The Kier molecular flexibility index (Phi) is 3.66. The van der Waals surface area contributed by atoms with Crippen LogP contribution in [0.3, 0.4) is 0 Å². The Labute approximate surface area is 108 Å². The number of ether oxygens (including phenoxy) is 1. The fourth-order valence-electron chi connectivity index (χ4n) is 3.28. The van der Waals surface area contributed by atoms with Crippen LogP contribution in [-0.2, 0) is 9.53 Å². The molecule has 2 aliphatic carbocycles. The molecule has 0 aromatic carbocycles. The molecule has 1 saturated carbocycles. The maximum Gasteiger partial charge on any atom is 0.224 e. The molecule has 1 aliphatic heterocycles. The lowest BCUT2D eigenvalue weighted by atomic mass is 9.71. The fraction of sp³-hybridized carbons (Fsp3) is 0.786. The molecular formula is C14H22N2O2. The first kappa shape index (κ1) is 12.2. The number of hydrogen-bond acceptors (Lipinski definition) is 3. The Morgan fingerprint density at radius 3 is 3.00 bits per heavy atom. The SMILES string of the molecule is O=C(CCNC1CC2CC=CC21)N1CCOCC1. The lowest BCUT2D eigenvalue weighted by Crippen LogP contribution is -2.49. The Hall–Kier alpha value is -0.870. The molecule has 3 unspecified atom stereocenters. The lowest BCUT2D eigenvalue weighted by Gasteiger charge is -2.41. The normalized spacial score (nSPS) is 34.2. The quantitative estimate of drug-likeness (QED) is 0.750. The van der Waals surface area contributed by atoms with Crippen LogP contribution in [0.1, 0.15) is 19.3 Å². The number of carbonyl (C=O) groups excluding carboxylic acids is 1. The van der Waals surface area contributed by atoms with Crippen LogP contribution >= 0.6 is 0 Å². The highest BCUT2D eigenvalue weighted by atomic mass is 16.5. The van der Waals surface area contributed by atoms with E-state index in [9.17, 15) is 4.79 Å². The van der Waals surface area contributed by atoms with E-state index < -0.39 is 0 Å². The van der Waals surface area contributed by atoms with Crippen LogP contribution in [0.2, 0.25) is 0 Å². The van der Waals surface area contributed by atoms with Crippen LogP contribution in [0.25, 0.3) is 0 Å². The summed E-state index contributed by atoms with van der Waals surface area (Å²) in [7, 11) is 0. The molecule has 3 rings (SSSR count). The van der Waals surface area contributed by atoms with Crippen molar-refractivity contribution in [3.63, 3.8) is 0 Å². The van der Waals surface area contributed by atoms with Crippen LogP contribution in [0.15, 0.2) is 12.2 Å². The van der Waals surface area contributed by atoms with Gasteiger partial charge in [0.25, 0.3) is 0 Å². The summed E-state index contributed by atoms with van der Waals surface area (Å²) in [5.41, 5.74) is 0. The molecular weight excluding hydrogens is 228 g/mol. The molecule has 18 heavy (non-hydrogen) atoms. The van der Waals surface area contributed by atoms with Crippen molar-refractivity contribution in [2.45, 2.75) is 25.3 Å². The van der Waals surface area contributed by atoms with E-state index in [1.165, 1.54) is 12.8 Å². The minimum absolute atomic E-state index is 0.267. The van der Waals surface area contributed by atoms with Crippen molar-refractivity contribution >= 4 is 5.91 Å². The molecule has 0 radical (unpaired) electrons. The van der Waals surface area contributed by atoms with Gasteiger partial charge in [0.15, 0.2) is 0 Å². The third kappa shape index (κ3) is 2.45. The van der Waals surface area contributed by atoms with Crippen LogP contribution in [0.4, 0.5) is 0 Å². The van der Waals surface area contributed by atoms with Gasteiger partial charge in [-0.1, -0.05) is 12.2 Å². The Morgan fingerprint density at radius 1 is 1.39 bits per heavy atom. The number of rotatable bonds is 4. The van der Waals surface area contributed by atoms with Crippen molar-refractivity contribution in [1.82, 2.24) is 10.2 Å². The van der Waals surface area contributed by atoms with Gasteiger partial charge in [-0.05, 0) is 24.7 Å². The van der Waals surface area contributed by atoms with Gasteiger partial charge in [-0.25, -0.2) is 0 Å². The summed E-state index contributed by atoms with van der Waals surface area (Å²) >= 11 is 0. The minimum Gasteiger partial charge on any atom is -0.378 e. The summed E-state index contributed by atoms with van der Waals surface area (Å²) < 4.78 is 5.25. The van der Waals surface area contributed by atoms with E-state index in [1.54, 1.807) is 0 Å². The maximum atomic E-state index is 11.9. The van der Waals surface area contributed by atoms with Crippen LogP contribution in [0.5, 0.6) is 0 Å². The number of allylic oxidation sites excluding steroid dienone is 1. The Morgan fingerprint density at radius 2 is 2.22 bits per heavy atom. The molecule has 3 aliphatic rings. The van der Waals surface area contributed by atoms with E-state index in [-0.39, 0.29) is 5.91 Å². The van der Waals surface area contributed by atoms with E-state index >= 15 is 0 Å². The fourth-order valence-corrected chi connectivity index (χ4v) is 3.28. The summed E-state index contributed by atoms with van der Waals surface area (Å²) in [6.07, 6.45) is 7.81. The van der Waals surface area contributed by atoms with Gasteiger partial charge in [-0.15, -0.1) is 0 Å². The summed E-state index contributed by atoms with van der Waals surface area (Å²) in [6, 6.07) is 0.617. The monoisotopic (exact) mass is 250 g/mol. The molecule has 0 spiro atoms. The maximum absolute atomic E-state index is 11.9. The smallest absolute Gasteiger partial charge is 0.224 e. The predicted molar refractivity (Wildman–Crippen MR) is 69.2 cm³/mol. The zero-order valence-corrected chi connectivity index (χ0v) is 10.8. The van der Waals surface area contributed by atoms with E-state index in [2.05, 4.69) is 17.5 Å². The second-order valence-corrected chi connectivity index (χ2v) is 5.54. The van der Waals surface area contributed by atoms with E-state index in [0.717, 1.165) is 31.5 Å². The van der Waals surface area contributed by atoms with Gasteiger partial charge >= 0.3 is 0 Å². The van der Waals surface area contributed by atoms with Crippen molar-refractivity contribution in [2.75, 3.05) is 32.8 Å². The van der Waals surface area contributed by atoms with Gasteiger partial charge in [-0.2, -0.15) is 0 Å². The van der Waals surface area contributed by atoms with Gasteiger partial charge in [0.2, 0.25) is 5.91 Å². The first-order chi connectivity index (χ1) is 8.84. The third-order valence-electron chi connectivity index (χ3n) is 4.47. The molecule has 4 heteroatoms. The van der Waals surface area contributed by atoms with E-state index in [1.807, 2.05) is 4.90 Å². The largest absolute Gasteiger partial charge is 0.378 e. The van der Waals surface area contributed by atoms with Gasteiger partial charge in [0, 0.05) is 32.1 Å². The molecule has 1 amide bonds. The van der Waals surface area contributed by atoms with Crippen molar-refractivity contribution in [3.8, 4) is 0 Å². The highest BCUT2D eigenvalue weighted by molar-refractivity contribution is 5.76. The molecule has 1 N–H and O–H groups in total. The highest BCUT2D eigenvalue weighted by Crippen LogP contribution is 2.42. The van der Waals surface area contributed by atoms with Gasteiger partial charge in [-0.3, -0.25) is 4.79 Å². The number of nitrogens with zero attached hydrogens (tertiary/aromatic N) is 1. The number of amides is 1. The molecule has 0 bridgehead atoms. The zero-order chi connectivity index (χ0) is 12.4. The Bertz CT molecular complexity index is 337. The summed E-state index contributed by atoms with van der Waals surface area (Å²) in [5, 5.41) is 3.53. The number of nitrogens with one attached hydrogen (secondary N) is 1. The predicted octanol–water partition coefficient (Wildman–Crippen LogP) is 0.790. The van der Waals surface area contributed by atoms with E-state index in [0.29, 0.717) is 25.7 Å². The van der Waals surface area contributed by atoms with Crippen molar-refractivity contribution < 1.29 is 9.53 Å². The molecule has 0 aromatic rings. The molecule has 1 saturated heterocycles. The standard InChI is InChI=1S/C14H22N2O2/c17-14(16-6-8-18-9-7-16)4-5-15-13-10-11-2-1-3-12(11)13/h1,3,11-13,15H,2,4-10H2. The summed E-state index contributed by atoms with van der Waals surface area (Å²) in [5.74, 6) is 1.89.